The molecule has 1 aliphatic heterocycles. The van der Waals surface area contributed by atoms with Gasteiger partial charge in [-0.2, -0.15) is 0 Å². The highest BCUT2D eigenvalue weighted by Crippen LogP contribution is 2.47. The van der Waals surface area contributed by atoms with Gasteiger partial charge in [0.05, 0.1) is 31.3 Å². The summed E-state index contributed by atoms with van der Waals surface area (Å²) in [6.45, 7) is 7.87. The molecule has 1 fully saturated rings. The predicted octanol–water partition coefficient (Wildman–Crippen LogP) is 5.62. The largest absolute Gasteiger partial charge is 0.493 e. The second kappa shape index (κ2) is 10.5. The summed E-state index contributed by atoms with van der Waals surface area (Å²) in [7, 11) is 1.58. The Labute approximate surface area is 207 Å². The summed E-state index contributed by atoms with van der Waals surface area (Å²) >= 11 is 0. The number of nitrogens with zero attached hydrogens (tertiary/aromatic N) is 1. The Morgan fingerprint density at radius 1 is 1.03 bits per heavy atom. The van der Waals surface area contributed by atoms with Crippen LogP contribution in [0.5, 0.6) is 11.5 Å². The lowest BCUT2D eigenvalue weighted by atomic mass is 9.66. The molecular formula is C29H33NO5. The zero-order chi connectivity index (χ0) is 25.1. The van der Waals surface area contributed by atoms with E-state index in [4.69, 9.17) is 19.2 Å². The van der Waals surface area contributed by atoms with Gasteiger partial charge in [0.2, 0.25) is 0 Å². The van der Waals surface area contributed by atoms with Crippen LogP contribution in [-0.2, 0) is 14.3 Å². The number of carbonyl (C=O) groups is 2. The molecule has 1 unspecified atom stereocenters. The predicted molar refractivity (Wildman–Crippen MR) is 135 cm³/mol. The van der Waals surface area contributed by atoms with Crippen molar-refractivity contribution in [2.75, 3.05) is 13.7 Å². The lowest BCUT2D eigenvalue weighted by molar-refractivity contribution is -0.143. The van der Waals surface area contributed by atoms with Gasteiger partial charge in [0, 0.05) is 23.7 Å². The van der Waals surface area contributed by atoms with Gasteiger partial charge >= 0.3 is 5.97 Å². The van der Waals surface area contributed by atoms with Crippen LogP contribution in [0, 0.1) is 5.92 Å². The molecule has 6 heteroatoms. The molecule has 4 rings (SSSR count). The third-order valence-corrected chi connectivity index (χ3v) is 6.63. The molecule has 0 radical (unpaired) electrons. The van der Waals surface area contributed by atoms with Crippen molar-refractivity contribution in [3.63, 3.8) is 0 Å². The van der Waals surface area contributed by atoms with Crippen molar-refractivity contribution in [2.24, 2.45) is 10.9 Å². The van der Waals surface area contributed by atoms with Crippen molar-refractivity contribution in [1.82, 2.24) is 0 Å². The van der Waals surface area contributed by atoms with Crippen molar-refractivity contribution in [2.45, 2.75) is 58.5 Å². The summed E-state index contributed by atoms with van der Waals surface area (Å²) < 4.78 is 16.9. The van der Waals surface area contributed by atoms with Crippen molar-refractivity contribution in [3.8, 4) is 11.5 Å². The average molecular weight is 476 g/mol. The molecule has 0 saturated heterocycles. The molecule has 2 aromatic carbocycles. The summed E-state index contributed by atoms with van der Waals surface area (Å²) in [5.74, 6) is -0.104. The number of hydrogen-bond donors (Lipinski definition) is 0. The number of methoxy groups -OCH3 is 1. The molecule has 2 aromatic rings. The maximum Gasteiger partial charge on any atom is 0.336 e. The van der Waals surface area contributed by atoms with Crippen LogP contribution in [-0.4, -0.2) is 37.3 Å². The van der Waals surface area contributed by atoms with Crippen LogP contribution in [0.2, 0.25) is 0 Å². The van der Waals surface area contributed by atoms with Gasteiger partial charge in [-0.3, -0.25) is 9.79 Å². The monoisotopic (exact) mass is 475 g/mol. The van der Waals surface area contributed by atoms with Crippen LogP contribution in [0.1, 0.15) is 63.5 Å². The minimum atomic E-state index is -0.518. The van der Waals surface area contributed by atoms with Crippen LogP contribution in [0.3, 0.4) is 0 Å². The molecule has 0 N–H and O–H groups in total. The van der Waals surface area contributed by atoms with E-state index < -0.39 is 17.8 Å². The number of benzene rings is 2. The smallest absolute Gasteiger partial charge is 0.336 e. The molecule has 0 aromatic heterocycles. The van der Waals surface area contributed by atoms with Crippen molar-refractivity contribution < 1.29 is 23.8 Å². The van der Waals surface area contributed by atoms with Gasteiger partial charge in [0.15, 0.2) is 11.5 Å². The Morgan fingerprint density at radius 3 is 2.43 bits per heavy atom. The molecule has 6 nitrogen and oxygen atoms in total. The number of allylic oxidation sites excluding steroid dienone is 1. The standard InChI is InChI=1S/C29H33NO5/c1-6-34-24-13-12-20(16-25(24)33-5)27-26(29(32)35-17(2)3)18(4)30-22-14-21(15-23(31)28(22)27)19-10-8-7-9-11-19/h7-13,16-17,21,27-28H,6,14-15H2,1-5H3/t21-,27-,28?/m1/s1. The molecule has 1 heterocycles. The third kappa shape index (κ3) is 5.02. The van der Waals surface area contributed by atoms with Crippen molar-refractivity contribution >= 4 is 17.5 Å². The molecule has 35 heavy (non-hydrogen) atoms. The summed E-state index contributed by atoms with van der Waals surface area (Å²) in [6, 6.07) is 15.7. The maximum absolute atomic E-state index is 13.7. The third-order valence-electron chi connectivity index (χ3n) is 6.63. The zero-order valence-corrected chi connectivity index (χ0v) is 21.0. The van der Waals surface area contributed by atoms with E-state index >= 15 is 0 Å². The van der Waals surface area contributed by atoms with Gasteiger partial charge in [0.25, 0.3) is 0 Å². The summed E-state index contributed by atoms with van der Waals surface area (Å²) in [6.07, 6.45) is 0.798. The molecule has 0 amide bonds. The number of esters is 1. The first kappa shape index (κ1) is 24.7. The molecule has 0 spiro atoms. The molecule has 0 bridgehead atoms. The van der Waals surface area contributed by atoms with E-state index in [0.717, 1.165) is 16.8 Å². The highest BCUT2D eigenvalue weighted by Gasteiger charge is 2.46. The van der Waals surface area contributed by atoms with Gasteiger partial charge in [-0.1, -0.05) is 36.4 Å². The Bertz CT molecular complexity index is 1160. The molecule has 1 saturated carbocycles. The fourth-order valence-corrected chi connectivity index (χ4v) is 5.19. The number of aliphatic imine (C=N–C) groups is 1. The highest BCUT2D eigenvalue weighted by atomic mass is 16.5. The number of carbonyl (C=O) groups excluding carboxylic acids is 2. The molecule has 3 atom stereocenters. The van der Waals surface area contributed by atoms with Crippen LogP contribution in [0.15, 0.2) is 64.8 Å². The summed E-state index contributed by atoms with van der Waals surface area (Å²) in [5.41, 5.74) is 3.80. The minimum Gasteiger partial charge on any atom is -0.493 e. The highest BCUT2D eigenvalue weighted by molar-refractivity contribution is 6.12. The average Bonchev–Trinajstić information content (AvgIpc) is 2.83. The van der Waals surface area contributed by atoms with Crippen LogP contribution < -0.4 is 9.47 Å². The van der Waals surface area contributed by atoms with Crippen LogP contribution in [0.4, 0.5) is 0 Å². The Balaban J connectivity index is 1.81. The number of Topliss-reactive ketones (excluding diaryl/α,β-unsaturated/α-hetero) is 1. The lowest BCUT2D eigenvalue weighted by Crippen LogP contribution is -2.41. The number of ketones is 1. The van der Waals surface area contributed by atoms with Crippen molar-refractivity contribution in [1.29, 1.82) is 0 Å². The van der Waals surface area contributed by atoms with E-state index in [1.54, 1.807) is 7.11 Å². The van der Waals surface area contributed by atoms with E-state index in [0.29, 0.717) is 42.2 Å². The van der Waals surface area contributed by atoms with Gasteiger partial charge in [0.1, 0.15) is 5.78 Å². The van der Waals surface area contributed by atoms with E-state index in [1.165, 1.54) is 0 Å². The van der Waals surface area contributed by atoms with Crippen molar-refractivity contribution in [3.05, 3.63) is 70.9 Å². The SMILES string of the molecule is CCOc1ccc([C@@H]2C(C(=O)OC(C)C)=C(C)N=C3C[C@@H](c4ccccc4)CC(=O)C32)cc1OC. The fourth-order valence-electron chi connectivity index (χ4n) is 5.19. The first-order valence-corrected chi connectivity index (χ1v) is 12.2. The topological polar surface area (TPSA) is 74.2 Å². The van der Waals surface area contributed by atoms with Gasteiger partial charge in [-0.15, -0.1) is 0 Å². The zero-order valence-electron chi connectivity index (χ0n) is 21.0. The Kier molecular flexibility index (Phi) is 7.39. The van der Waals surface area contributed by atoms with E-state index in [1.807, 2.05) is 64.1 Å². The molecule has 2 aliphatic rings. The molecule has 184 valence electrons. The summed E-state index contributed by atoms with van der Waals surface area (Å²) in [5, 5.41) is 0. The lowest BCUT2D eigenvalue weighted by Gasteiger charge is -2.38. The van der Waals surface area contributed by atoms with E-state index in [-0.39, 0.29) is 17.8 Å². The quantitative estimate of drug-likeness (QED) is 0.486. The number of ether oxygens (including phenoxy) is 3. The van der Waals surface area contributed by atoms with Crippen LogP contribution in [0.25, 0.3) is 0 Å². The minimum absolute atomic E-state index is 0.0752. The van der Waals surface area contributed by atoms with E-state index in [9.17, 15) is 9.59 Å². The molecule has 1 aliphatic carbocycles. The fraction of sp³-hybridized carbons (Fsp3) is 0.414. The maximum atomic E-state index is 13.7. The number of rotatable bonds is 7. The van der Waals surface area contributed by atoms with Gasteiger partial charge in [-0.25, -0.2) is 4.79 Å². The Morgan fingerprint density at radius 2 is 1.77 bits per heavy atom. The van der Waals surface area contributed by atoms with Gasteiger partial charge in [-0.05, 0) is 63.3 Å². The van der Waals surface area contributed by atoms with E-state index in [2.05, 4.69) is 12.1 Å². The molecular weight excluding hydrogens is 442 g/mol. The number of fused-ring (bicyclic) bond motifs is 1. The van der Waals surface area contributed by atoms with Gasteiger partial charge < -0.3 is 14.2 Å². The first-order valence-electron chi connectivity index (χ1n) is 12.2. The Hall–Kier alpha value is -3.41. The summed E-state index contributed by atoms with van der Waals surface area (Å²) in [4.78, 5) is 31.8. The normalized spacial score (nSPS) is 21.9. The number of hydrogen-bond acceptors (Lipinski definition) is 6. The first-order chi connectivity index (χ1) is 16.8. The second-order valence-electron chi connectivity index (χ2n) is 9.34. The second-order valence-corrected chi connectivity index (χ2v) is 9.34. The van der Waals surface area contributed by atoms with Crippen LogP contribution >= 0.6 is 0 Å².